The van der Waals surface area contributed by atoms with Crippen molar-refractivity contribution in [2.75, 3.05) is 20.7 Å². The number of aromatic nitrogens is 2. The number of rotatable bonds is 8. The van der Waals surface area contributed by atoms with E-state index in [-0.39, 0.29) is 5.78 Å². The molecule has 1 aromatic heterocycles. The number of imidazole rings is 1. The number of aliphatic imine (C=N–C) groups is 1. The molecule has 1 unspecified atom stereocenters. The lowest BCUT2D eigenvalue weighted by Crippen LogP contribution is -2.20. The molecule has 6 heteroatoms. The number of methoxy groups -OCH3 is 1. The van der Waals surface area contributed by atoms with Crippen LogP contribution >= 0.6 is 0 Å². The van der Waals surface area contributed by atoms with Crippen LogP contribution in [-0.2, 0) is 6.54 Å². The molecule has 3 aromatic carbocycles. The van der Waals surface area contributed by atoms with E-state index in [9.17, 15) is 4.79 Å². The molecular formula is C30H30N4O2. The predicted molar refractivity (Wildman–Crippen MR) is 143 cm³/mol. The number of hydrogen-bond acceptors (Lipinski definition) is 5. The minimum absolute atomic E-state index is 0.0600. The van der Waals surface area contributed by atoms with Crippen molar-refractivity contribution in [2.45, 2.75) is 25.9 Å². The largest absolute Gasteiger partial charge is 0.497 e. The summed E-state index contributed by atoms with van der Waals surface area (Å²) in [5.74, 6) is 0.701. The summed E-state index contributed by atoms with van der Waals surface area (Å²) in [4.78, 5) is 24.9. The first-order valence-electron chi connectivity index (χ1n) is 12.2. The monoisotopic (exact) mass is 478 g/mol. The molecule has 36 heavy (non-hydrogen) atoms. The van der Waals surface area contributed by atoms with Crippen molar-refractivity contribution in [3.8, 4) is 22.6 Å². The molecule has 2 heterocycles. The molecule has 5 rings (SSSR count). The first-order chi connectivity index (χ1) is 17.6. The van der Waals surface area contributed by atoms with Gasteiger partial charge in [-0.2, -0.15) is 0 Å². The Balaban J connectivity index is 1.41. The first-order valence-corrected chi connectivity index (χ1v) is 12.2. The van der Waals surface area contributed by atoms with Crippen molar-refractivity contribution in [3.63, 3.8) is 0 Å². The molecule has 0 spiro atoms. The normalized spacial score (nSPS) is 14.8. The highest BCUT2D eigenvalue weighted by atomic mass is 16.5. The minimum atomic E-state index is -0.592. The molecule has 0 aliphatic carbocycles. The van der Waals surface area contributed by atoms with E-state index in [4.69, 9.17) is 4.74 Å². The van der Waals surface area contributed by atoms with Crippen molar-refractivity contribution >= 4 is 12.0 Å². The molecule has 182 valence electrons. The van der Waals surface area contributed by atoms with Crippen LogP contribution in [-0.4, -0.2) is 47.2 Å². The zero-order valence-electron chi connectivity index (χ0n) is 20.9. The fourth-order valence-electron chi connectivity index (χ4n) is 4.76. The Labute approximate surface area is 211 Å². The van der Waals surface area contributed by atoms with Gasteiger partial charge in [0.15, 0.2) is 0 Å². The second-order valence-corrected chi connectivity index (χ2v) is 9.11. The second kappa shape index (κ2) is 10.3. The van der Waals surface area contributed by atoms with Gasteiger partial charge in [-0.15, -0.1) is 0 Å². The Morgan fingerprint density at radius 1 is 1.00 bits per heavy atom. The maximum absolute atomic E-state index is 13.6. The van der Waals surface area contributed by atoms with Crippen LogP contribution in [0.3, 0.4) is 0 Å². The van der Waals surface area contributed by atoms with Crippen LogP contribution in [0.25, 0.3) is 16.8 Å². The lowest BCUT2D eigenvalue weighted by molar-refractivity contribution is 0.0953. The summed E-state index contributed by atoms with van der Waals surface area (Å²) >= 11 is 0. The summed E-state index contributed by atoms with van der Waals surface area (Å²) in [6, 6.07) is 23.7. The van der Waals surface area contributed by atoms with Crippen LogP contribution in [0.5, 0.6) is 5.75 Å². The molecule has 0 amide bonds. The average Bonchev–Trinajstić information content (AvgIpc) is 3.35. The summed E-state index contributed by atoms with van der Waals surface area (Å²) in [6.45, 7) is 4.16. The maximum Gasteiger partial charge on any atom is 0.210 e. The fourth-order valence-corrected chi connectivity index (χ4v) is 4.76. The summed E-state index contributed by atoms with van der Waals surface area (Å²) in [5, 5.41) is 0. The highest BCUT2D eigenvalue weighted by molar-refractivity contribution is 6.08. The van der Waals surface area contributed by atoms with Crippen LogP contribution in [0.1, 0.15) is 46.7 Å². The molecule has 1 aliphatic heterocycles. The van der Waals surface area contributed by atoms with Gasteiger partial charge in [-0.05, 0) is 66.5 Å². The van der Waals surface area contributed by atoms with Crippen LogP contribution in [0.2, 0.25) is 0 Å². The number of hydrogen-bond donors (Lipinski definition) is 0. The number of carbonyl (C=O) groups excluding carboxylic acids is 1. The van der Waals surface area contributed by atoms with Gasteiger partial charge in [-0.3, -0.25) is 14.4 Å². The lowest BCUT2D eigenvalue weighted by Gasteiger charge is -2.19. The Hall–Kier alpha value is -4.03. The quantitative estimate of drug-likeness (QED) is 0.324. The van der Waals surface area contributed by atoms with Crippen molar-refractivity contribution < 1.29 is 9.53 Å². The summed E-state index contributed by atoms with van der Waals surface area (Å²) in [5.41, 5.74) is 6.50. The molecule has 1 aliphatic rings. The zero-order valence-corrected chi connectivity index (χ0v) is 20.9. The van der Waals surface area contributed by atoms with Gasteiger partial charge in [0.1, 0.15) is 29.5 Å². The minimum Gasteiger partial charge on any atom is -0.497 e. The van der Waals surface area contributed by atoms with Crippen molar-refractivity contribution in [3.05, 3.63) is 102 Å². The second-order valence-electron chi connectivity index (χ2n) is 9.11. The van der Waals surface area contributed by atoms with E-state index in [1.165, 1.54) is 11.1 Å². The highest BCUT2D eigenvalue weighted by Gasteiger charge is 2.30. The molecule has 0 saturated carbocycles. The molecule has 1 atom stereocenters. The van der Waals surface area contributed by atoms with Gasteiger partial charge in [0.05, 0.1) is 13.3 Å². The fraction of sp³-hybridized carbons (Fsp3) is 0.233. The Morgan fingerprint density at radius 3 is 2.47 bits per heavy atom. The predicted octanol–water partition coefficient (Wildman–Crippen LogP) is 5.75. The van der Waals surface area contributed by atoms with E-state index in [0.29, 0.717) is 11.4 Å². The zero-order chi connectivity index (χ0) is 25.1. The van der Waals surface area contributed by atoms with Crippen molar-refractivity contribution in [1.29, 1.82) is 0 Å². The number of Topliss-reactive ketones (excluding diaryl/α,β-unsaturated/α-hetero) is 1. The Morgan fingerprint density at radius 2 is 1.75 bits per heavy atom. The van der Waals surface area contributed by atoms with Gasteiger partial charge in [-0.25, -0.2) is 4.98 Å². The third-order valence-electron chi connectivity index (χ3n) is 6.57. The van der Waals surface area contributed by atoms with Gasteiger partial charge in [-0.1, -0.05) is 55.5 Å². The number of benzene rings is 3. The molecule has 0 bridgehead atoms. The molecule has 0 radical (unpaired) electrons. The third kappa shape index (κ3) is 4.60. The summed E-state index contributed by atoms with van der Waals surface area (Å²) in [6.07, 6.45) is 4.50. The van der Waals surface area contributed by atoms with Crippen molar-refractivity contribution in [1.82, 2.24) is 14.5 Å². The van der Waals surface area contributed by atoms with Crippen LogP contribution < -0.4 is 4.74 Å². The van der Waals surface area contributed by atoms with E-state index in [2.05, 4.69) is 65.2 Å². The SMILES string of the molecule is CCCN(C)Cc1ccccc1-c1ccc(C2N=Cc3ncn(-c4ccc(OC)cc4)c3C2=O)cc1. The van der Waals surface area contributed by atoms with E-state index < -0.39 is 6.04 Å². The van der Waals surface area contributed by atoms with Crippen LogP contribution in [0.15, 0.2) is 84.1 Å². The van der Waals surface area contributed by atoms with E-state index in [1.54, 1.807) is 19.7 Å². The Bertz CT molecular complexity index is 1390. The number of ether oxygens (including phenoxy) is 1. The van der Waals surface area contributed by atoms with Gasteiger partial charge in [0, 0.05) is 12.2 Å². The third-order valence-corrected chi connectivity index (χ3v) is 6.57. The molecular weight excluding hydrogens is 448 g/mol. The topological polar surface area (TPSA) is 59.7 Å². The van der Waals surface area contributed by atoms with Gasteiger partial charge < -0.3 is 9.64 Å². The van der Waals surface area contributed by atoms with E-state index >= 15 is 0 Å². The van der Waals surface area contributed by atoms with Gasteiger partial charge >= 0.3 is 0 Å². The number of fused-ring (bicyclic) bond motifs is 1. The van der Waals surface area contributed by atoms with Crippen LogP contribution in [0.4, 0.5) is 0 Å². The molecule has 0 saturated heterocycles. The molecule has 0 fully saturated rings. The van der Waals surface area contributed by atoms with Gasteiger partial charge in [0.25, 0.3) is 0 Å². The number of carbonyl (C=O) groups is 1. The van der Waals surface area contributed by atoms with E-state index in [0.717, 1.165) is 42.1 Å². The Kier molecular flexibility index (Phi) is 6.78. The lowest BCUT2D eigenvalue weighted by atomic mass is 9.94. The molecule has 0 N–H and O–H groups in total. The van der Waals surface area contributed by atoms with E-state index in [1.807, 2.05) is 41.0 Å². The standard InChI is InChI=1S/C30H30N4O2/c1-4-17-33(2)19-23-7-5-6-8-26(23)21-9-11-22(12-10-21)28-30(35)29-27(18-31-28)32-20-34(29)24-13-15-25(36-3)16-14-24/h5-16,18,20,28H,4,17,19H2,1-3H3. The smallest absolute Gasteiger partial charge is 0.210 e. The number of ketones is 1. The summed E-state index contributed by atoms with van der Waals surface area (Å²) in [7, 11) is 3.79. The van der Waals surface area contributed by atoms with Crippen molar-refractivity contribution in [2.24, 2.45) is 4.99 Å². The van der Waals surface area contributed by atoms with Gasteiger partial charge in [0.2, 0.25) is 5.78 Å². The van der Waals surface area contributed by atoms with Crippen LogP contribution in [0, 0.1) is 0 Å². The maximum atomic E-state index is 13.6. The summed E-state index contributed by atoms with van der Waals surface area (Å²) < 4.78 is 7.08. The highest BCUT2D eigenvalue weighted by Crippen LogP contribution is 2.31. The average molecular weight is 479 g/mol. The number of nitrogens with zero attached hydrogens (tertiary/aromatic N) is 4. The molecule has 4 aromatic rings. The first kappa shape index (κ1) is 23.7. The molecule has 6 nitrogen and oxygen atoms in total.